The molecule has 78 valence electrons. The molecule has 0 spiro atoms. The van der Waals surface area contributed by atoms with Crippen molar-refractivity contribution in [2.24, 2.45) is 5.84 Å². The molecule has 0 atom stereocenters. The normalized spacial score (nSPS) is 10.0. The average Bonchev–Trinajstić information content (AvgIpc) is 2.18. The Hall–Kier alpha value is -1.40. The Morgan fingerprint density at radius 3 is 2.50 bits per heavy atom. The zero-order valence-electron chi connectivity index (χ0n) is 8.33. The molecule has 0 unspecified atom stereocenters. The quantitative estimate of drug-likeness (QED) is 0.394. The summed E-state index contributed by atoms with van der Waals surface area (Å²) in [5.74, 6) is 7.22. The van der Waals surface area contributed by atoms with Crippen molar-refractivity contribution in [2.75, 3.05) is 23.9 Å². The molecule has 0 amide bonds. The van der Waals surface area contributed by atoms with Crippen LogP contribution in [0.4, 0.5) is 11.6 Å². The summed E-state index contributed by atoms with van der Waals surface area (Å²) in [5, 5.41) is 11.6. The molecule has 1 aromatic rings. The van der Waals surface area contributed by atoms with E-state index in [1.54, 1.807) is 6.92 Å². The van der Waals surface area contributed by atoms with Crippen LogP contribution in [0, 0.1) is 13.8 Å². The Morgan fingerprint density at radius 2 is 1.93 bits per heavy atom. The Morgan fingerprint density at radius 1 is 1.29 bits per heavy atom. The summed E-state index contributed by atoms with van der Waals surface area (Å²) in [6, 6.07) is 0. The third-order valence-electron chi connectivity index (χ3n) is 1.80. The third-order valence-corrected chi connectivity index (χ3v) is 1.80. The van der Waals surface area contributed by atoms with Gasteiger partial charge in [0.05, 0.1) is 6.61 Å². The first-order valence-corrected chi connectivity index (χ1v) is 4.35. The van der Waals surface area contributed by atoms with E-state index in [1.807, 2.05) is 6.92 Å². The number of hydrogen-bond acceptors (Lipinski definition) is 6. The molecule has 6 nitrogen and oxygen atoms in total. The van der Waals surface area contributed by atoms with Crippen LogP contribution >= 0.6 is 0 Å². The van der Waals surface area contributed by atoms with Gasteiger partial charge in [-0.05, 0) is 13.8 Å². The number of aliphatic hydroxyl groups is 1. The SMILES string of the molecule is Cc1nc(NN)c(C)c(NCCO)n1. The molecule has 0 saturated carbocycles. The van der Waals surface area contributed by atoms with Gasteiger partial charge in [-0.25, -0.2) is 15.8 Å². The van der Waals surface area contributed by atoms with Crippen molar-refractivity contribution >= 4 is 11.6 Å². The van der Waals surface area contributed by atoms with Crippen LogP contribution in [0.3, 0.4) is 0 Å². The molecule has 0 saturated heterocycles. The van der Waals surface area contributed by atoms with Gasteiger partial charge in [-0.2, -0.15) is 0 Å². The number of anilines is 2. The smallest absolute Gasteiger partial charge is 0.148 e. The Balaban J connectivity index is 2.96. The van der Waals surface area contributed by atoms with Gasteiger partial charge in [0.15, 0.2) is 0 Å². The van der Waals surface area contributed by atoms with Crippen molar-refractivity contribution < 1.29 is 5.11 Å². The van der Waals surface area contributed by atoms with Gasteiger partial charge >= 0.3 is 0 Å². The van der Waals surface area contributed by atoms with Crippen molar-refractivity contribution in [1.29, 1.82) is 0 Å². The highest BCUT2D eigenvalue weighted by Gasteiger charge is 2.06. The van der Waals surface area contributed by atoms with E-state index < -0.39 is 0 Å². The van der Waals surface area contributed by atoms with Crippen LogP contribution in [-0.2, 0) is 0 Å². The minimum absolute atomic E-state index is 0.0634. The Kier molecular flexibility index (Phi) is 3.61. The fourth-order valence-corrected chi connectivity index (χ4v) is 1.12. The Labute approximate surface area is 82.5 Å². The molecular weight excluding hydrogens is 182 g/mol. The standard InChI is InChI=1S/C8H15N5O/c1-5-7(10-3-4-14)11-6(2)12-8(5)13-9/h14H,3-4,9H2,1-2H3,(H2,10,11,12,13). The molecule has 0 bridgehead atoms. The Bertz CT molecular complexity index is 315. The van der Waals surface area contributed by atoms with E-state index in [4.69, 9.17) is 10.9 Å². The summed E-state index contributed by atoms with van der Waals surface area (Å²) in [5.41, 5.74) is 3.34. The molecule has 6 heteroatoms. The summed E-state index contributed by atoms with van der Waals surface area (Å²) in [6.07, 6.45) is 0. The molecule has 5 N–H and O–H groups in total. The molecule has 0 aliphatic carbocycles. The van der Waals surface area contributed by atoms with Gasteiger partial charge < -0.3 is 15.8 Å². The number of aryl methyl sites for hydroxylation is 1. The van der Waals surface area contributed by atoms with Crippen molar-refractivity contribution in [3.05, 3.63) is 11.4 Å². The first-order chi connectivity index (χ1) is 6.69. The van der Waals surface area contributed by atoms with Crippen molar-refractivity contribution in [3.8, 4) is 0 Å². The predicted molar refractivity (Wildman–Crippen MR) is 54.9 cm³/mol. The number of rotatable bonds is 4. The lowest BCUT2D eigenvalue weighted by molar-refractivity contribution is 0.311. The van der Waals surface area contributed by atoms with Crippen LogP contribution in [-0.4, -0.2) is 28.2 Å². The second-order valence-electron chi connectivity index (χ2n) is 2.89. The van der Waals surface area contributed by atoms with Gasteiger partial charge in [-0.1, -0.05) is 0 Å². The molecule has 0 aromatic carbocycles. The molecule has 0 aliphatic rings. The van der Waals surface area contributed by atoms with Crippen LogP contribution in [0.15, 0.2) is 0 Å². The second-order valence-corrected chi connectivity index (χ2v) is 2.89. The third kappa shape index (κ3) is 2.30. The van der Waals surface area contributed by atoms with Crippen molar-refractivity contribution in [3.63, 3.8) is 0 Å². The maximum atomic E-state index is 8.67. The van der Waals surface area contributed by atoms with Crippen molar-refractivity contribution in [1.82, 2.24) is 9.97 Å². The topological polar surface area (TPSA) is 96.1 Å². The molecule has 14 heavy (non-hydrogen) atoms. The molecule has 1 heterocycles. The fourth-order valence-electron chi connectivity index (χ4n) is 1.12. The van der Waals surface area contributed by atoms with Crippen molar-refractivity contribution in [2.45, 2.75) is 13.8 Å². The first kappa shape index (κ1) is 10.7. The van der Waals surface area contributed by atoms with E-state index in [2.05, 4.69) is 20.7 Å². The molecular formula is C8H15N5O. The number of nitrogens with zero attached hydrogens (tertiary/aromatic N) is 2. The van der Waals surface area contributed by atoms with Crippen LogP contribution in [0.2, 0.25) is 0 Å². The number of aliphatic hydroxyl groups excluding tert-OH is 1. The van der Waals surface area contributed by atoms with Crippen LogP contribution in [0.25, 0.3) is 0 Å². The monoisotopic (exact) mass is 197 g/mol. The van der Waals surface area contributed by atoms with E-state index in [9.17, 15) is 0 Å². The number of nitrogen functional groups attached to an aromatic ring is 1. The minimum Gasteiger partial charge on any atom is -0.395 e. The lowest BCUT2D eigenvalue weighted by Gasteiger charge is -2.11. The van der Waals surface area contributed by atoms with E-state index in [0.29, 0.717) is 24.0 Å². The summed E-state index contributed by atoms with van der Waals surface area (Å²) < 4.78 is 0. The highest BCUT2D eigenvalue weighted by Crippen LogP contribution is 2.18. The summed E-state index contributed by atoms with van der Waals surface area (Å²) >= 11 is 0. The molecule has 1 rings (SSSR count). The van der Waals surface area contributed by atoms with E-state index >= 15 is 0 Å². The number of hydrazine groups is 1. The highest BCUT2D eigenvalue weighted by molar-refractivity contribution is 5.56. The molecule has 0 radical (unpaired) electrons. The number of hydrogen-bond donors (Lipinski definition) is 4. The van der Waals surface area contributed by atoms with Gasteiger partial charge in [0.2, 0.25) is 0 Å². The number of aromatic nitrogens is 2. The largest absolute Gasteiger partial charge is 0.395 e. The van der Waals surface area contributed by atoms with Gasteiger partial charge in [0.1, 0.15) is 17.5 Å². The summed E-state index contributed by atoms with van der Waals surface area (Å²) in [6.45, 7) is 4.16. The molecule has 0 aliphatic heterocycles. The van der Waals surface area contributed by atoms with E-state index in [-0.39, 0.29) is 6.61 Å². The fraction of sp³-hybridized carbons (Fsp3) is 0.500. The van der Waals surface area contributed by atoms with Gasteiger partial charge in [0.25, 0.3) is 0 Å². The zero-order valence-corrected chi connectivity index (χ0v) is 8.33. The van der Waals surface area contributed by atoms with Gasteiger partial charge in [0, 0.05) is 12.1 Å². The maximum absolute atomic E-state index is 8.67. The zero-order chi connectivity index (χ0) is 10.6. The summed E-state index contributed by atoms with van der Waals surface area (Å²) in [4.78, 5) is 8.30. The lowest BCUT2D eigenvalue weighted by Crippen LogP contribution is -2.15. The lowest BCUT2D eigenvalue weighted by atomic mass is 10.3. The van der Waals surface area contributed by atoms with E-state index in [0.717, 1.165) is 5.56 Å². The second kappa shape index (κ2) is 4.73. The van der Waals surface area contributed by atoms with Crippen LogP contribution in [0.1, 0.15) is 11.4 Å². The molecule has 1 aromatic heterocycles. The molecule has 0 fully saturated rings. The maximum Gasteiger partial charge on any atom is 0.148 e. The highest BCUT2D eigenvalue weighted by atomic mass is 16.3. The van der Waals surface area contributed by atoms with E-state index in [1.165, 1.54) is 0 Å². The van der Waals surface area contributed by atoms with Crippen LogP contribution < -0.4 is 16.6 Å². The summed E-state index contributed by atoms with van der Waals surface area (Å²) in [7, 11) is 0. The van der Waals surface area contributed by atoms with Gasteiger partial charge in [-0.3, -0.25) is 0 Å². The van der Waals surface area contributed by atoms with Crippen LogP contribution in [0.5, 0.6) is 0 Å². The number of nitrogens with one attached hydrogen (secondary N) is 2. The average molecular weight is 197 g/mol. The predicted octanol–water partition coefficient (Wildman–Crippen LogP) is -0.217. The number of nitrogens with two attached hydrogens (primary N) is 1. The first-order valence-electron chi connectivity index (χ1n) is 4.35. The van der Waals surface area contributed by atoms with Gasteiger partial charge in [-0.15, -0.1) is 0 Å². The minimum atomic E-state index is 0.0634.